The number of aliphatic hydroxyl groups is 3. The van der Waals surface area contributed by atoms with E-state index in [2.05, 4.69) is 5.32 Å². The molecule has 0 aliphatic rings. The molecule has 0 aromatic rings. The van der Waals surface area contributed by atoms with Gasteiger partial charge in [-0.1, -0.05) is 0 Å². The summed E-state index contributed by atoms with van der Waals surface area (Å²) in [4.78, 5) is 0. The van der Waals surface area contributed by atoms with Gasteiger partial charge in [-0.05, 0) is 13.8 Å². The molecule has 0 unspecified atom stereocenters. The first-order valence-electron chi connectivity index (χ1n) is 3.69. The van der Waals surface area contributed by atoms with Crippen LogP contribution in [0.4, 0.5) is 0 Å². The molecule has 0 rings (SSSR count). The second-order valence-corrected chi connectivity index (χ2v) is 3.11. The van der Waals surface area contributed by atoms with Gasteiger partial charge < -0.3 is 20.6 Å². The first-order chi connectivity index (χ1) is 5.04. The van der Waals surface area contributed by atoms with Crippen molar-refractivity contribution in [2.45, 2.75) is 25.5 Å². The molecule has 0 bridgehead atoms. The monoisotopic (exact) mass is 163 g/mol. The van der Waals surface area contributed by atoms with E-state index in [1.807, 2.05) is 0 Å². The normalized spacial score (nSPS) is 15.0. The lowest BCUT2D eigenvalue weighted by Crippen LogP contribution is -2.51. The second-order valence-electron chi connectivity index (χ2n) is 3.11. The highest BCUT2D eigenvalue weighted by Gasteiger charge is 2.21. The molecule has 4 heteroatoms. The van der Waals surface area contributed by atoms with Gasteiger partial charge in [0.05, 0.1) is 24.9 Å². The smallest absolute Gasteiger partial charge is 0.0636 e. The minimum Gasteiger partial charge on any atom is -0.394 e. The molecule has 0 radical (unpaired) electrons. The van der Waals surface area contributed by atoms with Crippen LogP contribution < -0.4 is 5.32 Å². The number of rotatable bonds is 5. The van der Waals surface area contributed by atoms with Crippen molar-refractivity contribution in [2.75, 3.05) is 19.8 Å². The number of β-amino-alcohol motifs (C(OH)–C–C–N with tert-alkyl or cyclic N) is 1. The van der Waals surface area contributed by atoms with Gasteiger partial charge in [-0.3, -0.25) is 0 Å². The summed E-state index contributed by atoms with van der Waals surface area (Å²) in [7, 11) is 0. The molecule has 68 valence electrons. The Hall–Kier alpha value is -0.160. The Morgan fingerprint density at radius 3 is 2.09 bits per heavy atom. The van der Waals surface area contributed by atoms with Crippen LogP contribution in [0, 0.1) is 0 Å². The van der Waals surface area contributed by atoms with Crippen molar-refractivity contribution in [3.63, 3.8) is 0 Å². The quantitative estimate of drug-likeness (QED) is 0.406. The van der Waals surface area contributed by atoms with E-state index in [0.29, 0.717) is 6.54 Å². The minimum atomic E-state index is -0.684. The summed E-state index contributed by atoms with van der Waals surface area (Å²) in [6.45, 7) is 3.42. The zero-order valence-electron chi connectivity index (χ0n) is 7.04. The Balaban J connectivity index is 3.69. The third-order valence-electron chi connectivity index (χ3n) is 1.52. The van der Waals surface area contributed by atoms with Crippen LogP contribution >= 0.6 is 0 Å². The average Bonchev–Trinajstić information content (AvgIpc) is 2.00. The number of nitrogens with one attached hydrogen (secondary N) is 1. The molecular formula is C7H17NO3. The molecule has 0 aromatic carbocycles. The van der Waals surface area contributed by atoms with Gasteiger partial charge in [-0.2, -0.15) is 0 Å². The molecule has 1 atom stereocenters. The topological polar surface area (TPSA) is 72.7 Å². The lowest BCUT2D eigenvalue weighted by molar-refractivity contribution is 0.0883. The second kappa shape index (κ2) is 4.66. The summed E-state index contributed by atoms with van der Waals surface area (Å²) in [5, 5.41) is 29.3. The van der Waals surface area contributed by atoms with E-state index in [9.17, 15) is 0 Å². The fourth-order valence-corrected chi connectivity index (χ4v) is 0.556. The van der Waals surface area contributed by atoms with Crippen LogP contribution in [-0.4, -0.2) is 46.7 Å². The van der Waals surface area contributed by atoms with Gasteiger partial charge in [0.2, 0.25) is 0 Å². The van der Waals surface area contributed by atoms with Gasteiger partial charge in [0.15, 0.2) is 0 Å². The van der Waals surface area contributed by atoms with Crippen molar-refractivity contribution in [1.82, 2.24) is 5.32 Å². The molecule has 11 heavy (non-hydrogen) atoms. The van der Waals surface area contributed by atoms with Crippen molar-refractivity contribution >= 4 is 0 Å². The highest BCUT2D eigenvalue weighted by atomic mass is 16.3. The molecule has 4 nitrogen and oxygen atoms in total. The summed E-state index contributed by atoms with van der Waals surface area (Å²) >= 11 is 0. The number of aliphatic hydroxyl groups excluding tert-OH is 3. The zero-order valence-corrected chi connectivity index (χ0v) is 7.04. The molecule has 0 fully saturated rings. The van der Waals surface area contributed by atoms with E-state index in [4.69, 9.17) is 15.3 Å². The maximum absolute atomic E-state index is 8.88. The van der Waals surface area contributed by atoms with E-state index < -0.39 is 11.6 Å². The molecule has 0 saturated carbocycles. The van der Waals surface area contributed by atoms with Crippen LogP contribution in [-0.2, 0) is 0 Å². The third kappa shape index (κ3) is 4.31. The van der Waals surface area contributed by atoms with Gasteiger partial charge >= 0.3 is 0 Å². The average molecular weight is 163 g/mol. The summed E-state index contributed by atoms with van der Waals surface area (Å²) in [5.74, 6) is 0. The Kier molecular flexibility index (Phi) is 4.60. The Labute approximate surface area is 66.9 Å². The van der Waals surface area contributed by atoms with Crippen molar-refractivity contribution in [1.29, 1.82) is 0 Å². The van der Waals surface area contributed by atoms with E-state index in [0.717, 1.165) is 0 Å². The highest BCUT2D eigenvalue weighted by Crippen LogP contribution is 1.99. The first kappa shape index (κ1) is 10.8. The predicted molar refractivity (Wildman–Crippen MR) is 42.3 cm³/mol. The van der Waals surface area contributed by atoms with Crippen LogP contribution in [0.5, 0.6) is 0 Å². The van der Waals surface area contributed by atoms with E-state index in [1.54, 1.807) is 13.8 Å². The zero-order chi connectivity index (χ0) is 8.91. The standard InChI is InChI=1S/C7H17NO3/c1-6(11)3-8-7(2,4-9)5-10/h6,8-11H,3-5H2,1-2H3/t6-/m1/s1. The molecule has 0 spiro atoms. The molecule has 0 aliphatic carbocycles. The number of hydrogen-bond acceptors (Lipinski definition) is 4. The predicted octanol–water partition coefficient (Wildman–Crippen LogP) is -1.30. The molecule has 0 aromatic heterocycles. The van der Waals surface area contributed by atoms with Crippen LogP contribution in [0.15, 0.2) is 0 Å². The van der Waals surface area contributed by atoms with Gasteiger partial charge in [0.1, 0.15) is 0 Å². The third-order valence-corrected chi connectivity index (χ3v) is 1.52. The van der Waals surface area contributed by atoms with Crippen LogP contribution in [0.1, 0.15) is 13.8 Å². The van der Waals surface area contributed by atoms with E-state index in [-0.39, 0.29) is 13.2 Å². The highest BCUT2D eigenvalue weighted by molar-refractivity contribution is 4.81. The summed E-state index contributed by atoms with van der Waals surface area (Å²) in [6, 6.07) is 0. The molecule has 0 saturated heterocycles. The van der Waals surface area contributed by atoms with Crippen molar-refractivity contribution in [3.8, 4) is 0 Å². The number of hydrogen-bond donors (Lipinski definition) is 4. The maximum atomic E-state index is 8.88. The van der Waals surface area contributed by atoms with E-state index >= 15 is 0 Å². The molecular weight excluding hydrogens is 146 g/mol. The molecule has 0 heterocycles. The van der Waals surface area contributed by atoms with Gasteiger partial charge in [0.25, 0.3) is 0 Å². The molecule has 0 aliphatic heterocycles. The fraction of sp³-hybridized carbons (Fsp3) is 1.00. The Bertz CT molecular complexity index is 102. The summed E-state index contributed by atoms with van der Waals surface area (Å²) < 4.78 is 0. The molecule has 0 amide bonds. The minimum absolute atomic E-state index is 0.143. The van der Waals surface area contributed by atoms with Crippen LogP contribution in [0.25, 0.3) is 0 Å². The summed E-state index contributed by atoms with van der Waals surface area (Å²) in [6.07, 6.45) is -0.465. The van der Waals surface area contributed by atoms with Gasteiger partial charge in [0, 0.05) is 6.54 Å². The lowest BCUT2D eigenvalue weighted by Gasteiger charge is -2.26. The summed E-state index contributed by atoms with van der Waals surface area (Å²) in [5.41, 5.74) is -0.684. The largest absolute Gasteiger partial charge is 0.394 e. The van der Waals surface area contributed by atoms with Crippen molar-refractivity contribution in [2.24, 2.45) is 0 Å². The van der Waals surface area contributed by atoms with Gasteiger partial charge in [-0.15, -0.1) is 0 Å². The van der Waals surface area contributed by atoms with Crippen LogP contribution in [0.3, 0.4) is 0 Å². The Morgan fingerprint density at radius 1 is 1.36 bits per heavy atom. The van der Waals surface area contributed by atoms with Crippen molar-refractivity contribution in [3.05, 3.63) is 0 Å². The SMILES string of the molecule is C[C@@H](O)CNC(C)(CO)CO. The van der Waals surface area contributed by atoms with Crippen molar-refractivity contribution < 1.29 is 15.3 Å². The Morgan fingerprint density at radius 2 is 1.82 bits per heavy atom. The lowest BCUT2D eigenvalue weighted by atomic mass is 10.1. The fourth-order valence-electron chi connectivity index (χ4n) is 0.556. The first-order valence-corrected chi connectivity index (χ1v) is 3.69. The maximum Gasteiger partial charge on any atom is 0.0636 e. The molecule has 4 N–H and O–H groups in total. The van der Waals surface area contributed by atoms with Gasteiger partial charge in [-0.25, -0.2) is 0 Å². The van der Waals surface area contributed by atoms with Crippen LogP contribution in [0.2, 0.25) is 0 Å². The van der Waals surface area contributed by atoms with E-state index in [1.165, 1.54) is 0 Å².